The third kappa shape index (κ3) is 10.4. The number of hydrogen-bond acceptors (Lipinski definition) is 9. The fraction of sp³-hybridized carbons (Fsp3) is 0.323. The number of aromatic nitrogens is 2. The van der Waals surface area contributed by atoms with Gasteiger partial charge in [-0.1, -0.05) is 31.2 Å². The maximum absolute atomic E-state index is 13.3. The summed E-state index contributed by atoms with van der Waals surface area (Å²) in [4.78, 5) is 47.4. The fourth-order valence-electron chi connectivity index (χ4n) is 3.80. The van der Waals surface area contributed by atoms with Crippen molar-refractivity contribution in [2.45, 2.75) is 32.8 Å². The summed E-state index contributed by atoms with van der Waals surface area (Å²) in [5.41, 5.74) is 8.07. The van der Waals surface area contributed by atoms with Crippen LogP contribution in [0.25, 0.3) is 0 Å². The van der Waals surface area contributed by atoms with Gasteiger partial charge >= 0.3 is 0 Å². The Labute approximate surface area is 246 Å². The number of para-hydroxylation sites is 1. The van der Waals surface area contributed by atoms with Gasteiger partial charge < -0.3 is 31.3 Å². The van der Waals surface area contributed by atoms with Crippen molar-refractivity contribution < 1.29 is 19.1 Å². The van der Waals surface area contributed by atoms with Crippen LogP contribution in [0.15, 0.2) is 66.9 Å². The van der Waals surface area contributed by atoms with E-state index in [1.807, 2.05) is 50.2 Å². The Hall–Kier alpha value is -4.61. The van der Waals surface area contributed by atoms with Gasteiger partial charge in [-0.2, -0.15) is 4.98 Å². The number of rotatable bonds is 17. The molecule has 42 heavy (non-hydrogen) atoms. The summed E-state index contributed by atoms with van der Waals surface area (Å²) in [6.45, 7) is 4.07. The van der Waals surface area contributed by atoms with E-state index in [1.165, 1.54) is 6.20 Å². The van der Waals surface area contributed by atoms with Crippen molar-refractivity contribution in [2.24, 2.45) is 5.73 Å². The van der Waals surface area contributed by atoms with Crippen LogP contribution in [0.2, 0.25) is 0 Å². The van der Waals surface area contributed by atoms with Crippen LogP contribution in [0.5, 0.6) is 0 Å². The van der Waals surface area contributed by atoms with E-state index >= 15 is 0 Å². The number of likely N-dealkylation sites (N-methyl/N-ethyl adjacent to an activating group) is 1. The minimum Gasteiger partial charge on any atom is -0.377 e. The minimum absolute atomic E-state index is 0.0741. The number of benzene rings is 2. The maximum atomic E-state index is 13.3. The number of ketones is 1. The highest BCUT2D eigenvalue weighted by Gasteiger charge is 2.17. The van der Waals surface area contributed by atoms with E-state index in [0.29, 0.717) is 48.7 Å². The van der Waals surface area contributed by atoms with E-state index in [9.17, 15) is 14.4 Å². The normalized spacial score (nSPS) is 11.0. The Bertz CT molecular complexity index is 1370. The van der Waals surface area contributed by atoms with Gasteiger partial charge in [-0.15, -0.1) is 0 Å². The Morgan fingerprint density at radius 1 is 1.07 bits per heavy atom. The molecule has 2 amide bonds. The van der Waals surface area contributed by atoms with Gasteiger partial charge in [0.25, 0.3) is 5.91 Å². The molecule has 0 spiro atoms. The first kappa shape index (κ1) is 31.9. The van der Waals surface area contributed by atoms with Crippen molar-refractivity contribution in [1.82, 2.24) is 14.9 Å². The number of carbonyl (C=O) groups excluding carboxylic acids is 3. The van der Waals surface area contributed by atoms with Crippen LogP contribution in [0.4, 0.5) is 23.1 Å². The van der Waals surface area contributed by atoms with Crippen LogP contribution in [0, 0.1) is 0 Å². The zero-order chi connectivity index (χ0) is 30.3. The van der Waals surface area contributed by atoms with Crippen LogP contribution >= 0.6 is 0 Å². The number of nitrogens with zero attached hydrogens (tertiary/aromatic N) is 3. The molecule has 0 bridgehead atoms. The van der Waals surface area contributed by atoms with Gasteiger partial charge in [0.05, 0.1) is 6.61 Å². The molecule has 11 heteroatoms. The average molecular weight is 574 g/mol. The van der Waals surface area contributed by atoms with E-state index in [4.69, 9.17) is 10.5 Å². The molecule has 0 aliphatic carbocycles. The second-order valence-corrected chi connectivity index (χ2v) is 9.85. The first-order valence-electron chi connectivity index (χ1n) is 13.9. The number of amides is 2. The van der Waals surface area contributed by atoms with Gasteiger partial charge in [-0.05, 0) is 63.3 Å². The first-order valence-corrected chi connectivity index (χ1v) is 13.9. The second-order valence-electron chi connectivity index (χ2n) is 9.85. The molecule has 5 N–H and O–H groups in total. The minimum atomic E-state index is -0.511. The Kier molecular flexibility index (Phi) is 12.6. The summed E-state index contributed by atoms with van der Waals surface area (Å²) >= 11 is 0. The molecule has 3 aromatic rings. The highest BCUT2D eigenvalue weighted by atomic mass is 16.5. The van der Waals surface area contributed by atoms with Crippen LogP contribution in [-0.4, -0.2) is 66.3 Å². The molecule has 0 saturated carbocycles. The Balaban J connectivity index is 1.62. The maximum Gasteiger partial charge on any atom is 0.261 e. The summed E-state index contributed by atoms with van der Waals surface area (Å²) in [5, 5.41) is 9.23. The van der Waals surface area contributed by atoms with E-state index in [1.54, 1.807) is 36.4 Å². The lowest BCUT2D eigenvalue weighted by Crippen LogP contribution is -2.18. The summed E-state index contributed by atoms with van der Waals surface area (Å²) in [5.74, 6) is -0.127. The van der Waals surface area contributed by atoms with E-state index in [-0.39, 0.29) is 29.8 Å². The van der Waals surface area contributed by atoms with Gasteiger partial charge in [0.2, 0.25) is 11.9 Å². The molecule has 0 unspecified atom stereocenters. The lowest BCUT2D eigenvalue weighted by Gasteiger charge is -2.15. The average Bonchev–Trinajstić information content (AvgIpc) is 2.96. The van der Waals surface area contributed by atoms with E-state index < -0.39 is 5.91 Å². The molecule has 0 aliphatic rings. The number of hydrogen-bond donors (Lipinski definition) is 4. The van der Waals surface area contributed by atoms with Crippen molar-refractivity contribution in [3.05, 3.63) is 83.6 Å². The van der Waals surface area contributed by atoms with Crippen molar-refractivity contribution in [1.29, 1.82) is 0 Å². The van der Waals surface area contributed by atoms with Crippen LogP contribution in [0.1, 0.15) is 52.5 Å². The molecule has 0 aliphatic heterocycles. The molecule has 0 radical (unpaired) electrons. The number of carbonyl (C=O) groups is 3. The smallest absolute Gasteiger partial charge is 0.261 e. The zero-order valence-corrected chi connectivity index (χ0v) is 24.4. The molecule has 3 rings (SSSR count). The topological polar surface area (TPSA) is 152 Å². The summed E-state index contributed by atoms with van der Waals surface area (Å²) in [6.07, 6.45) is 6.79. The van der Waals surface area contributed by atoms with Gasteiger partial charge in [0.1, 0.15) is 11.4 Å². The second kappa shape index (κ2) is 16.6. The van der Waals surface area contributed by atoms with Crippen molar-refractivity contribution >= 4 is 40.7 Å². The standard InChI is InChI=1S/C31H39N7O4/c1-4-17-33-29-26(20-34-31(37-29)35-24-15-13-22(14-16-24)28(32)40)30(41)36-27-12-6-5-9-23(27)21-42-19-8-11-25(39)10-7-18-38(2)3/h5-7,9-10,12-16,20H,4,8,11,17-19,21H2,1-3H3,(H2,32,40)(H,36,41)(H2,33,34,35,37)/b10-7+. The van der Waals surface area contributed by atoms with E-state index in [0.717, 1.165) is 18.5 Å². The summed E-state index contributed by atoms with van der Waals surface area (Å²) < 4.78 is 5.80. The third-order valence-corrected chi connectivity index (χ3v) is 6.01. The highest BCUT2D eigenvalue weighted by Crippen LogP contribution is 2.22. The predicted molar refractivity (Wildman–Crippen MR) is 165 cm³/mol. The number of nitrogens with one attached hydrogen (secondary N) is 3. The number of anilines is 4. The van der Waals surface area contributed by atoms with Gasteiger partial charge in [0.15, 0.2) is 5.78 Å². The molecular weight excluding hydrogens is 534 g/mol. The molecule has 222 valence electrons. The number of primary amides is 1. The predicted octanol–water partition coefficient (Wildman–Crippen LogP) is 4.38. The van der Waals surface area contributed by atoms with Crippen molar-refractivity contribution in [2.75, 3.05) is 49.7 Å². The molecule has 1 aromatic heterocycles. The lowest BCUT2D eigenvalue weighted by atomic mass is 10.1. The summed E-state index contributed by atoms with van der Waals surface area (Å²) in [7, 11) is 3.90. The molecule has 1 heterocycles. The van der Waals surface area contributed by atoms with Crippen LogP contribution < -0.4 is 21.7 Å². The molecule has 2 aromatic carbocycles. The van der Waals surface area contributed by atoms with Gasteiger partial charge in [-0.25, -0.2) is 4.98 Å². The number of nitrogens with two attached hydrogens (primary N) is 1. The fourth-order valence-corrected chi connectivity index (χ4v) is 3.80. The third-order valence-electron chi connectivity index (χ3n) is 6.01. The summed E-state index contributed by atoms with van der Waals surface area (Å²) in [6, 6.07) is 14.0. The molecular formula is C31H39N7O4. The zero-order valence-electron chi connectivity index (χ0n) is 24.4. The SMILES string of the molecule is CCCNc1nc(Nc2ccc(C(N)=O)cc2)ncc1C(=O)Nc1ccccc1COCCCC(=O)/C=C/CN(C)C. The number of allylic oxidation sites excluding steroid dienone is 1. The van der Waals surface area contributed by atoms with E-state index in [2.05, 4.69) is 25.9 Å². The largest absolute Gasteiger partial charge is 0.377 e. The highest BCUT2D eigenvalue weighted by molar-refractivity contribution is 6.07. The lowest BCUT2D eigenvalue weighted by molar-refractivity contribution is -0.115. The van der Waals surface area contributed by atoms with Crippen LogP contribution in [0.3, 0.4) is 0 Å². The molecule has 0 saturated heterocycles. The number of ether oxygens (including phenoxy) is 1. The van der Waals surface area contributed by atoms with Gasteiger partial charge in [0, 0.05) is 54.8 Å². The molecule has 0 atom stereocenters. The van der Waals surface area contributed by atoms with Crippen LogP contribution in [-0.2, 0) is 16.1 Å². The Morgan fingerprint density at radius 2 is 1.83 bits per heavy atom. The monoisotopic (exact) mass is 573 g/mol. The van der Waals surface area contributed by atoms with Gasteiger partial charge in [-0.3, -0.25) is 14.4 Å². The molecule has 0 fully saturated rings. The molecule has 11 nitrogen and oxygen atoms in total. The Morgan fingerprint density at radius 3 is 2.55 bits per heavy atom. The van der Waals surface area contributed by atoms with Crippen molar-refractivity contribution in [3.8, 4) is 0 Å². The van der Waals surface area contributed by atoms with Crippen molar-refractivity contribution in [3.63, 3.8) is 0 Å². The quantitative estimate of drug-likeness (QED) is 0.136. The first-order chi connectivity index (χ1) is 20.3.